The number of nitrogens with one attached hydrogen (secondary N) is 1. The fourth-order valence-corrected chi connectivity index (χ4v) is 3.11. The molecule has 1 N–H and O–H groups in total. The van der Waals surface area contributed by atoms with Crippen molar-refractivity contribution >= 4 is 17.4 Å². The fourth-order valence-electron chi connectivity index (χ4n) is 3.11. The van der Waals surface area contributed by atoms with E-state index < -0.39 is 4.92 Å². The topological polar surface area (TPSA) is 76.8 Å². The number of rotatable bonds is 2. The molecule has 0 spiro atoms. The second kappa shape index (κ2) is 5.39. The number of ether oxygens (including phenoxy) is 1. The predicted octanol–water partition coefficient (Wildman–Crippen LogP) is 3.58. The Morgan fingerprint density at radius 1 is 1.22 bits per heavy atom. The lowest BCUT2D eigenvalue weighted by Gasteiger charge is -2.21. The molecule has 0 saturated carbocycles. The minimum absolute atomic E-state index is 0.0688. The third-order valence-electron chi connectivity index (χ3n) is 4.28. The zero-order chi connectivity index (χ0) is 15.8. The number of nitrogens with zero attached hydrogens (tertiary/aromatic N) is 2. The molecule has 6 nitrogen and oxygen atoms in total. The molecule has 2 aliphatic rings. The Hall–Kier alpha value is -2.89. The summed E-state index contributed by atoms with van der Waals surface area (Å²) in [5, 5.41) is 13.9. The van der Waals surface area contributed by atoms with Crippen molar-refractivity contribution in [2.75, 3.05) is 5.32 Å². The monoisotopic (exact) mass is 309 g/mol. The van der Waals surface area contributed by atoms with E-state index in [2.05, 4.69) is 22.4 Å². The van der Waals surface area contributed by atoms with Crippen molar-refractivity contribution in [3.8, 4) is 0 Å². The molecule has 0 unspecified atom stereocenters. The molecule has 116 valence electrons. The normalized spacial score (nSPS) is 20.3. The zero-order valence-corrected chi connectivity index (χ0v) is 12.4. The first-order valence-electron chi connectivity index (χ1n) is 7.53. The van der Waals surface area contributed by atoms with Gasteiger partial charge in [-0.15, -0.1) is 0 Å². The van der Waals surface area contributed by atoms with Crippen molar-refractivity contribution in [3.63, 3.8) is 0 Å². The predicted molar refractivity (Wildman–Crippen MR) is 86.4 cm³/mol. The summed E-state index contributed by atoms with van der Waals surface area (Å²) >= 11 is 0. The second-order valence-electron chi connectivity index (χ2n) is 5.70. The Bertz CT molecular complexity index is 816. The van der Waals surface area contributed by atoms with Gasteiger partial charge in [0.05, 0.1) is 11.0 Å². The van der Waals surface area contributed by atoms with Gasteiger partial charge in [-0.1, -0.05) is 24.3 Å². The average molecular weight is 309 g/mol. The number of benzene rings is 2. The highest BCUT2D eigenvalue weighted by atomic mass is 16.6. The van der Waals surface area contributed by atoms with Crippen LogP contribution in [0.25, 0.3) is 0 Å². The van der Waals surface area contributed by atoms with Gasteiger partial charge in [0.2, 0.25) is 0 Å². The van der Waals surface area contributed by atoms with Crippen LogP contribution in [-0.4, -0.2) is 10.9 Å². The van der Waals surface area contributed by atoms with E-state index in [4.69, 9.17) is 4.74 Å². The molecule has 4 rings (SSSR count). The van der Waals surface area contributed by atoms with E-state index in [1.54, 1.807) is 6.07 Å². The lowest BCUT2D eigenvalue weighted by Crippen LogP contribution is -2.23. The Morgan fingerprint density at radius 3 is 2.96 bits per heavy atom. The summed E-state index contributed by atoms with van der Waals surface area (Å²) in [7, 11) is 0. The molecule has 6 heteroatoms. The summed E-state index contributed by atoms with van der Waals surface area (Å²) in [6, 6.07) is 13.6. The van der Waals surface area contributed by atoms with E-state index in [1.165, 1.54) is 23.3 Å². The number of nitro groups is 1. The quantitative estimate of drug-likeness (QED) is 0.679. The number of non-ortho nitro benzene ring substituents is 1. The smallest absolute Gasteiger partial charge is 0.290 e. The summed E-state index contributed by atoms with van der Waals surface area (Å²) < 4.78 is 5.63. The van der Waals surface area contributed by atoms with E-state index in [9.17, 15) is 10.1 Å². The van der Waals surface area contributed by atoms with Gasteiger partial charge in [0, 0.05) is 23.4 Å². The van der Waals surface area contributed by atoms with Gasteiger partial charge in [-0.3, -0.25) is 10.1 Å². The van der Waals surface area contributed by atoms with Gasteiger partial charge in [-0.05, 0) is 30.0 Å². The first-order chi connectivity index (χ1) is 11.2. The molecule has 1 aliphatic carbocycles. The number of hydrogen-bond acceptors (Lipinski definition) is 4. The summed E-state index contributed by atoms with van der Waals surface area (Å²) in [6.07, 6.45) is 2.00. The van der Waals surface area contributed by atoms with E-state index >= 15 is 0 Å². The van der Waals surface area contributed by atoms with E-state index in [1.807, 2.05) is 12.1 Å². The van der Waals surface area contributed by atoms with Crippen LogP contribution >= 0.6 is 0 Å². The molecule has 2 aromatic carbocycles. The Balaban J connectivity index is 1.58. The SMILES string of the molecule is O=[N+]([O-])c1ccc2c(c1)COC(=N[C@@H]1CCc3ccccc31)N2. The summed E-state index contributed by atoms with van der Waals surface area (Å²) in [5.41, 5.74) is 4.24. The molecule has 0 radical (unpaired) electrons. The molecule has 2 aromatic rings. The molecular weight excluding hydrogens is 294 g/mol. The number of amidine groups is 1. The van der Waals surface area contributed by atoms with Crippen molar-refractivity contribution in [3.05, 3.63) is 69.3 Å². The number of aliphatic imine (C=N–C) groups is 1. The van der Waals surface area contributed by atoms with Gasteiger partial charge >= 0.3 is 0 Å². The summed E-state index contributed by atoms with van der Waals surface area (Å²) in [4.78, 5) is 15.1. The highest BCUT2D eigenvalue weighted by Crippen LogP contribution is 2.34. The third kappa shape index (κ3) is 2.52. The molecule has 1 heterocycles. The van der Waals surface area contributed by atoms with Crippen LogP contribution in [0.15, 0.2) is 47.5 Å². The van der Waals surface area contributed by atoms with Gasteiger partial charge in [0.15, 0.2) is 0 Å². The van der Waals surface area contributed by atoms with Gasteiger partial charge in [0.1, 0.15) is 6.61 Å². The molecule has 23 heavy (non-hydrogen) atoms. The molecule has 0 amide bonds. The van der Waals surface area contributed by atoms with Crippen molar-refractivity contribution in [1.29, 1.82) is 0 Å². The standard InChI is InChI=1S/C17H15N3O3/c21-20(22)13-6-8-15-12(9-13)10-23-17(18-15)19-16-7-5-11-3-1-2-4-14(11)16/h1-4,6,8-9,16H,5,7,10H2,(H,18,19)/t16-/m1/s1. The van der Waals surface area contributed by atoms with Crippen molar-refractivity contribution in [2.24, 2.45) is 4.99 Å². The van der Waals surface area contributed by atoms with Crippen molar-refractivity contribution in [2.45, 2.75) is 25.5 Å². The average Bonchev–Trinajstić information content (AvgIpc) is 2.97. The highest BCUT2D eigenvalue weighted by molar-refractivity contribution is 5.92. The van der Waals surface area contributed by atoms with Gasteiger partial charge in [0.25, 0.3) is 11.7 Å². The number of aryl methyl sites for hydroxylation is 1. The molecule has 1 atom stereocenters. The van der Waals surface area contributed by atoms with Crippen LogP contribution in [0.4, 0.5) is 11.4 Å². The Kier molecular flexibility index (Phi) is 3.22. The van der Waals surface area contributed by atoms with Crippen LogP contribution < -0.4 is 5.32 Å². The Labute approximate surface area is 133 Å². The van der Waals surface area contributed by atoms with Crippen LogP contribution in [0.2, 0.25) is 0 Å². The first-order valence-corrected chi connectivity index (χ1v) is 7.53. The van der Waals surface area contributed by atoms with Gasteiger partial charge < -0.3 is 10.1 Å². The van der Waals surface area contributed by atoms with E-state index in [0.717, 1.165) is 24.1 Å². The van der Waals surface area contributed by atoms with Crippen LogP contribution in [0, 0.1) is 10.1 Å². The lowest BCUT2D eigenvalue weighted by atomic mass is 10.1. The first kappa shape index (κ1) is 13.8. The number of fused-ring (bicyclic) bond motifs is 2. The molecule has 0 aromatic heterocycles. The molecule has 0 saturated heterocycles. The molecule has 0 bridgehead atoms. The summed E-state index contributed by atoms with van der Waals surface area (Å²) in [5.74, 6) is 0. The molecule has 1 aliphatic heterocycles. The van der Waals surface area contributed by atoms with Crippen LogP contribution in [0.5, 0.6) is 0 Å². The number of anilines is 1. The molecular formula is C17H15N3O3. The van der Waals surface area contributed by atoms with Crippen LogP contribution in [0.3, 0.4) is 0 Å². The third-order valence-corrected chi connectivity index (χ3v) is 4.28. The maximum absolute atomic E-state index is 10.8. The highest BCUT2D eigenvalue weighted by Gasteiger charge is 2.24. The lowest BCUT2D eigenvalue weighted by molar-refractivity contribution is -0.384. The molecule has 0 fully saturated rings. The fraction of sp³-hybridized carbons (Fsp3) is 0.235. The van der Waals surface area contributed by atoms with Crippen molar-refractivity contribution < 1.29 is 9.66 Å². The van der Waals surface area contributed by atoms with Gasteiger partial charge in [-0.25, -0.2) is 4.99 Å². The van der Waals surface area contributed by atoms with Crippen LogP contribution in [0.1, 0.15) is 29.2 Å². The summed E-state index contributed by atoms with van der Waals surface area (Å²) in [6.45, 7) is 0.289. The van der Waals surface area contributed by atoms with Crippen molar-refractivity contribution in [1.82, 2.24) is 0 Å². The number of hydrogen-bond donors (Lipinski definition) is 1. The minimum Gasteiger partial charge on any atom is -0.460 e. The maximum Gasteiger partial charge on any atom is 0.290 e. The van der Waals surface area contributed by atoms with Crippen LogP contribution in [-0.2, 0) is 17.8 Å². The second-order valence-corrected chi connectivity index (χ2v) is 5.70. The zero-order valence-electron chi connectivity index (χ0n) is 12.4. The largest absolute Gasteiger partial charge is 0.460 e. The van der Waals surface area contributed by atoms with E-state index in [0.29, 0.717) is 6.02 Å². The minimum atomic E-state index is -0.403. The Morgan fingerprint density at radius 2 is 2.09 bits per heavy atom. The van der Waals surface area contributed by atoms with Gasteiger partial charge in [-0.2, -0.15) is 0 Å². The van der Waals surface area contributed by atoms with E-state index in [-0.39, 0.29) is 18.3 Å². The maximum atomic E-state index is 10.8. The number of nitro benzene ring substituents is 1.